The zero-order chi connectivity index (χ0) is 27.7. The Morgan fingerprint density at radius 3 is 2.05 bits per heavy atom. The molecule has 0 aliphatic heterocycles. The molecular formula is C32H41N2O4S-. The minimum absolute atomic E-state index is 0.0375. The van der Waals surface area contributed by atoms with Gasteiger partial charge in [-0.05, 0) is 96.4 Å². The van der Waals surface area contributed by atoms with Crippen molar-refractivity contribution in [2.75, 3.05) is 12.3 Å². The summed E-state index contributed by atoms with van der Waals surface area (Å²) in [7, 11) is 0. The molecule has 210 valence electrons. The molecule has 39 heavy (non-hydrogen) atoms. The number of hydrogen-bond acceptors (Lipinski definition) is 4. The third-order valence-corrected chi connectivity index (χ3v) is 9.78. The van der Waals surface area contributed by atoms with Crippen LogP contribution in [-0.2, 0) is 27.7 Å². The molecule has 2 N–H and O–H groups in total. The van der Waals surface area contributed by atoms with Gasteiger partial charge in [-0.15, -0.1) is 0 Å². The van der Waals surface area contributed by atoms with Gasteiger partial charge in [0.1, 0.15) is 0 Å². The Bertz CT molecular complexity index is 1170. The highest BCUT2D eigenvalue weighted by Crippen LogP contribution is 2.53. The fourth-order valence-corrected chi connectivity index (χ4v) is 7.65. The monoisotopic (exact) mass is 549 g/mol. The third-order valence-electron chi connectivity index (χ3n) is 9.24. The molecule has 4 saturated carbocycles. The topological polar surface area (TPSA) is 98.3 Å². The number of hydrogen-bond donors (Lipinski definition) is 2. The van der Waals surface area contributed by atoms with E-state index < -0.39 is 11.1 Å². The van der Waals surface area contributed by atoms with Crippen LogP contribution < -0.4 is 10.6 Å². The number of amides is 2. The van der Waals surface area contributed by atoms with Gasteiger partial charge in [0, 0.05) is 23.9 Å². The lowest BCUT2D eigenvalue weighted by molar-refractivity contribution is -0.126. The Hall–Kier alpha value is -2.51. The fourth-order valence-electron chi connectivity index (χ4n) is 7.38. The van der Waals surface area contributed by atoms with Crippen molar-refractivity contribution >= 4 is 22.9 Å². The summed E-state index contributed by atoms with van der Waals surface area (Å²) in [6.45, 7) is 6.65. The molecule has 0 heterocycles. The fraction of sp³-hybridized carbons (Fsp3) is 0.562. The highest BCUT2D eigenvalue weighted by molar-refractivity contribution is 7.79. The number of carbonyl (C=O) groups is 2. The van der Waals surface area contributed by atoms with Gasteiger partial charge < -0.3 is 15.2 Å². The molecule has 0 aromatic heterocycles. The van der Waals surface area contributed by atoms with Gasteiger partial charge >= 0.3 is 0 Å². The quantitative estimate of drug-likeness (QED) is 0.437. The maximum Gasteiger partial charge on any atom is 0.251 e. The van der Waals surface area contributed by atoms with E-state index in [0.29, 0.717) is 23.8 Å². The molecule has 2 atom stereocenters. The van der Waals surface area contributed by atoms with Gasteiger partial charge in [-0.2, -0.15) is 0 Å². The van der Waals surface area contributed by atoms with Crippen LogP contribution in [0.1, 0.15) is 85.8 Å². The first-order valence-corrected chi connectivity index (χ1v) is 15.6. The first-order valence-electron chi connectivity index (χ1n) is 14.4. The van der Waals surface area contributed by atoms with Crippen molar-refractivity contribution in [3.05, 3.63) is 70.8 Å². The first kappa shape index (κ1) is 28.0. The molecule has 2 amide bonds. The maximum atomic E-state index is 13.9. The second-order valence-electron chi connectivity index (χ2n) is 13.1. The van der Waals surface area contributed by atoms with E-state index in [1.54, 1.807) is 12.1 Å². The van der Waals surface area contributed by atoms with Gasteiger partial charge in [0.25, 0.3) is 5.91 Å². The van der Waals surface area contributed by atoms with Gasteiger partial charge in [-0.3, -0.25) is 13.8 Å². The summed E-state index contributed by atoms with van der Waals surface area (Å²) in [5.74, 6) is 2.32. The van der Waals surface area contributed by atoms with E-state index in [1.165, 1.54) is 37.7 Å². The molecule has 6 rings (SSSR count). The Morgan fingerprint density at radius 1 is 0.923 bits per heavy atom. The molecule has 0 saturated heterocycles. The Morgan fingerprint density at radius 2 is 1.51 bits per heavy atom. The summed E-state index contributed by atoms with van der Waals surface area (Å²) in [6, 6.07) is 16.0. The molecule has 0 spiro atoms. The Labute approximate surface area is 235 Å². The molecule has 4 bridgehead atoms. The molecule has 2 unspecified atom stereocenters. The van der Waals surface area contributed by atoms with Crippen LogP contribution in [0.2, 0.25) is 0 Å². The zero-order valence-electron chi connectivity index (χ0n) is 23.3. The normalized spacial score (nSPS) is 27.1. The summed E-state index contributed by atoms with van der Waals surface area (Å²) < 4.78 is 21.4. The number of carbonyl (C=O) groups excluding carboxylic acids is 2. The number of benzene rings is 2. The van der Waals surface area contributed by atoms with Crippen molar-refractivity contribution in [1.29, 1.82) is 0 Å². The predicted octanol–water partition coefficient (Wildman–Crippen LogP) is 4.86. The van der Waals surface area contributed by atoms with E-state index in [0.717, 1.165) is 23.0 Å². The predicted molar refractivity (Wildman–Crippen MR) is 153 cm³/mol. The van der Waals surface area contributed by atoms with Crippen molar-refractivity contribution in [1.82, 2.24) is 10.6 Å². The summed E-state index contributed by atoms with van der Waals surface area (Å²) in [5, 5.41) is 6.16. The standard InChI is InChI=1S/C32H42N2O4S/c1-32(2,3)27-10-8-23(9-11-27)28(19-20-4-6-24(7-5-20)30(35)33-12-13-39(37)38)31(36)34-29-25-15-21-14-22(17-25)18-26(29)16-21/h4-11,21-22,25-26,28-29H,12-19H2,1-3H3,(H,33,35)(H,34,36)(H,37,38)/p-1. The molecule has 4 aliphatic rings. The van der Waals surface area contributed by atoms with Gasteiger partial charge in [0.05, 0.1) is 5.92 Å². The van der Waals surface area contributed by atoms with Crippen LogP contribution in [-0.4, -0.2) is 38.9 Å². The summed E-state index contributed by atoms with van der Waals surface area (Å²) in [4.78, 5) is 26.3. The average molecular weight is 550 g/mol. The van der Waals surface area contributed by atoms with Crippen molar-refractivity contribution in [3.63, 3.8) is 0 Å². The molecule has 2 aromatic rings. The summed E-state index contributed by atoms with van der Waals surface area (Å²) >= 11 is -2.19. The Balaban J connectivity index is 1.32. The molecule has 4 fully saturated rings. The lowest BCUT2D eigenvalue weighted by Gasteiger charge is -2.54. The van der Waals surface area contributed by atoms with Gasteiger partial charge in [0.15, 0.2) is 0 Å². The zero-order valence-corrected chi connectivity index (χ0v) is 24.1. The van der Waals surface area contributed by atoms with E-state index in [2.05, 4.69) is 55.7 Å². The Kier molecular flexibility index (Phi) is 8.29. The SMILES string of the molecule is CC(C)(C)c1ccc(C(Cc2ccc(C(=O)NCCS(=O)[O-])cc2)C(=O)NC2C3CC4CC(C3)CC2C4)cc1. The highest BCUT2D eigenvalue weighted by Gasteiger charge is 2.49. The highest BCUT2D eigenvalue weighted by atomic mass is 32.2. The minimum Gasteiger partial charge on any atom is -0.772 e. The molecule has 0 radical (unpaired) electrons. The van der Waals surface area contributed by atoms with E-state index in [9.17, 15) is 18.4 Å². The lowest BCUT2D eigenvalue weighted by Crippen LogP contribution is -2.56. The minimum atomic E-state index is -2.19. The van der Waals surface area contributed by atoms with Crippen molar-refractivity contribution in [3.8, 4) is 0 Å². The van der Waals surface area contributed by atoms with Gasteiger partial charge in [0.2, 0.25) is 5.91 Å². The van der Waals surface area contributed by atoms with Crippen LogP contribution in [0.3, 0.4) is 0 Å². The van der Waals surface area contributed by atoms with Crippen molar-refractivity contribution in [2.24, 2.45) is 23.7 Å². The van der Waals surface area contributed by atoms with Crippen LogP contribution >= 0.6 is 0 Å². The van der Waals surface area contributed by atoms with Crippen molar-refractivity contribution < 1.29 is 18.4 Å². The summed E-state index contributed by atoms with van der Waals surface area (Å²) in [5.41, 5.74) is 3.74. The maximum absolute atomic E-state index is 13.9. The first-order chi connectivity index (χ1) is 18.6. The molecule has 4 aliphatic carbocycles. The third kappa shape index (κ3) is 6.63. The average Bonchev–Trinajstić information content (AvgIpc) is 2.88. The second kappa shape index (κ2) is 11.5. The van der Waals surface area contributed by atoms with E-state index in [-0.39, 0.29) is 41.5 Å². The van der Waals surface area contributed by atoms with Crippen LogP contribution in [0.15, 0.2) is 48.5 Å². The van der Waals surface area contributed by atoms with Crippen LogP contribution in [0, 0.1) is 23.7 Å². The number of rotatable bonds is 9. The smallest absolute Gasteiger partial charge is 0.251 e. The van der Waals surface area contributed by atoms with Crippen LogP contribution in [0.25, 0.3) is 0 Å². The van der Waals surface area contributed by atoms with E-state index in [1.807, 2.05) is 12.1 Å². The molecule has 2 aromatic carbocycles. The van der Waals surface area contributed by atoms with Crippen LogP contribution in [0.4, 0.5) is 0 Å². The molecule has 6 nitrogen and oxygen atoms in total. The van der Waals surface area contributed by atoms with E-state index in [4.69, 9.17) is 0 Å². The number of nitrogens with one attached hydrogen (secondary N) is 2. The largest absolute Gasteiger partial charge is 0.772 e. The van der Waals surface area contributed by atoms with Crippen LogP contribution in [0.5, 0.6) is 0 Å². The van der Waals surface area contributed by atoms with Crippen molar-refractivity contribution in [2.45, 2.75) is 76.7 Å². The molecular weight excluding hydrogens is 508 g/mol. The molecule has 7 heteroatoms. The summed E-state index contributed by atoms with van der Waals surface area (Å²) in [6.07, 6.45) is 6.98. The van der Waals surface area contributed by atoms with Gasteiger partial charge in [-0.1, -0.05) is 68.2 Å². The lowest BCUT2D eigenvalue weighted by atomic mass is 9.54. The second-order valence-corrected chi connectivity index (χ2v) is 14.1. The van der Waals surface area contributed by atoms with Gasteiger partial charge in [-0.25, -0.2) is 0 Å². The van der Waals surface area contributed by atoms with E-state index >= 15 is 0 Å².